The first-order valence-electron chi connectivity index (χ1n) is 5.67. The molecule has 1 unspecified atom stereocenters. The molecule has 84 valence electrons. The summed E-state index contributed by atoms with van der Waals surface area (Å²) in [6.07, 6.45) is 1.56. The van der Waals surface area contributed by atoms with Crippen molar-refractivity contribution in [3.8, 4) is 0 Å². The molecule has 0 aliphatic heterocycles. The summed E-state index contributed by atoms with van der Waals surface area (Å²) in [4.78, 5) is 0. The van der Waals surface area contributed by atoms with Crippen LogP contribution >= 0.6 is 0 Å². The number of aliphatic hydroxyl groups is 1. The van der Waals surface area contributed by atoms with Gasteiger partial charge in [0.05, 0.1) is 6.10 Å². The van der Waals surface area contributed by atoms with E-state index in [1.54, 1.807) is 0 Å². The summed E-state index contributed by atoms with van der Waals surface area (Å²) in [5.74, 6) is 0. The van der Waals surface area contributed by atoms with Gasteiger partial charge in [0.25, 0.3) is 0 Å². The van der Waals surface area contributed by atoms with Crippen LogP contribution in [0, 0.1) is 0 Å². The first-order valence-corrected chi connectivity index (χ1v) is 5.67. The molecule has 1 rings (SSSR count). The van der Waals surface area contributed by atoms with E-state index < -0.39 is 0 Å². The van der Waals surface area contributed by atoms with Gasteiger partial charge in [-0.15, -0.1) is 0 Å². The number of hydrogen-bond acceptors (Lipinski definition) is 2. The first-order chi connectivity index (χ1) is 7.24. The largest absolute Gasteiger partial charge is 0.387 e. The molecule has 2 nitrogen and oxygen atoms in total. The summed E-state index contributed by atoms with van der Waals surface area (Å²) in [7, 11) is 1.86. The third-order valence-corrected chi connectivity index (χ3v) is 2.78. The van der Waals surface area contributed by atoms with E-state index in [0.717, 1.165) is 18.4 Å². The van der Waals surface area contributed by atoms with Gasteiger partial charge in [0.1, 0.15) is 0 Å². The van der Waals surface area contributed by atoms with E-state index in [2.05, 4.69) is 37.4 Å². The molecule has 0 radical (unpaired) electrons. The van der Waals surface area contributed by atoms with Crippen molar-refractivity contribution < 1.29 is 5.11 Å². The van der Waals surface area contributed by atoms with Gasteiger partial charge in [0, 0.05) is 6.54 Å². The topological polar surface area (TPSA) is 32.3 Å². The zero-order chi connectivity index (χ0) is 11.3. The predicted octanol–water partition coefficient (Wildman–Crippen LogP) is 2.06. The van der Waals surface area contributed by atoms with Crippen LogP contribution in [0.3, 0.4) is 0 Å². The van der Waals surface area contributed by atoms with E-state index in [0.29, 0.717) is 6.54 Å². The summed E-state index contributed by atoms with van der Waals surface area (Å²) < 4.78 is 0. The molecule has 1 aromatic rings. The SMILES string of the molecule is CCc1cccc(CC)c1C(O)CNC. The Morgan fingerprint density at radius 1 is 1.20 bits per heavy atom. The van der Waals surface area contributed by atoms with Crippen molar-refractivity contribution >= 4 is 0 Å². The summed E-state index contributed by atoms with van der Waals surface area (Å²) >= 11 is 0. The lowest BCUT2D eigenvalue weighted by atomic mass is 9.93. The molecule has 0 aliphatic rings. The Hall–Kier alpha value is -0.860. The quantitative estimate of drug-likeness (QED) is 0.774. The number of rotatable bonds is 5. The van der Waals surface area contributed by atoms with E-state index >= 15 is 0 Å². The lowest BCUT2D eigenvalue weighted by molar-refractivity contribution is 0.176. The summed E-state index contributed by atoms with van der Waals surface area (Å²) in [6, 6.07) is 6.29. The molecule has 0 spiro atoms. The Labute approximate surface area is 92.3 Å². The van der Waals surface area contributed by atoms with Gasteiger partial charge in [-0.1, -0.05) is 32.0 Å². The number of nitrogens with one attached hydrogen (secondary N) is 1. The lowest BCUT2D eigenvalue weighted by Gasteiger charge is -2.18. The normalized spacial score (nSPS) is 12.8. The predicted molar refractivity (Wildman–Crippen MR) is 64.1 cm³/mol. The van der Waals surface area contributed by atoms with Gasteiger partial charge in [-0.05, 0) is 36.6 Å². The zero-order valence-corrected chi connectivity index (χ0v) is 9.88. The highest BCUT2D eigenvalue weighted by atomic mass is 16.3. The molecule has 0 aliphatic carbocycles. The van der Waals surface area contributed by atoms with Crippen LogP contribution in [0.4, 0.5) is 0 Å². The molecule has 15 heavy (non-hydrogen) atoms. The smallest absolute Gasteiger partial charge is 0.0919 e. The number of benzene rings is 1. The fraction of sp³-hybridized carbons (Fsp3) is 0.538. The molecule has 2 N–H and O–H groups in total. The van der Waals surface area contributed by atoms with Gasteiger partial charge in [-0.3, -0.25) is 0 Å². The average molecular weight is 207 g/mol. The molecule has 0 bridgehead atoms. The van der Waals surface area contributed by atoms with E-state index in [9.17, 15) is 5.11 Å². The monoisotopic (exact) mass is 207 g/mol. The van der Waals surface area contributed by atoms with Crippen molar-refractivity contribution in [2.45, 2.75) is 32.8 Å². The molecule has 2 heteroatoms. The van der Waals surface area contributed by atoms with Crippen LogP contribution in [0.1, 0.15) is 36.6 Å². The fourth-order valence-corrected chi connectivity index (χ4v) is 2.01. The Balaban J connectivity index is 3.09. The van der Waals surface area contributed by atoms with Crippen LogP contribution in [0.2, 0.25) is 0 Å². The van der Waals surface area contributed by atoms with Gasteiger partial charge in [-0.2, -0.15) is 0 Å². The highest BCUT2D eigenvalue weighted by Gasteiger charge is 2.14. The summed E-state index contributed by atoms with van der Waals surface area (Å²) in [5, 5.41) is 13.1. The Morgan fingerprint density at radius 2 is 1.73 bits per heavy atom. The third kappa shape index (κ3) is 2.80. The van der Waals surface area contributed by atoms with E-state index in [-0.39, 0.29) is 6.10 Å². The number of likely N-dealkylation sites (N-methyl/N-ethyl adjacent to an activating group) is 1. The van der Waals surface area contributed by atoms with Gasteiger partial charge in [0.2, 0.25) is 0 Å². The Morgan fingerprint density at radius 3 is 2.13 bits per heavy atom. The van der Waals surface area contributed by atoms with E-state index in [1.807, 2.05) is 7.05 Å². The van der Waals surface area contributed by atoms with Crippen molar-refractivity contribution in [1.29, 1.82) is 0 Å². The third-order valence-electron chi connectivity index (χ3n) is 2.78. The second-order valence-electron chi connectivity index (χ2n) is 3.77. The zero-order valence-electron chi connectivity index (χ0n) is 9.88. The second kappa shape index (κ2) is 5.89. The summed E-state index contributed by atoms with van der Waals surface area (Å²) in [5.41, 5.74) is 3.64. The molecule has 1 atom stereocenters. The molecule has 0 aromatic heterocycles. The molecule has 0 fully saturated rings. The molecule has 0 saturated heterocycles. The van der Waals surface area contributed by atoms with Gasteiger partial charge >= 0.3 is 0 Å². The van der Waals surface area contributed by atoms with Crippen molar-refractivity contribution in [2.24, 2.45) is 0 Å². The molecule has 0 amide bonds. The maximum absolute atomic E-state index is 10.1. The minimum absolute atomic E-state index is 0.388. The lowest BCUT2D eigenvalue weighted by Crippen LogP contribution is -2.19. The van der Waals surface area contributed by atoms with Crippen LogP contribution in [-0.2, 0) is 12.8 Å². The van der Waals surface area contributed by atoms with Gasteiger partial charge in [-0.25, -0.2) is 0 Å². The maximum Gasteiger partial charge on any atom is 0.0919 e. The molecular weight excluding hydrogens is 186 g/mol. The summed E-state index contributed by atoms with van der Waals surface area (Å²) in [6.45, 7) is 4.87. The standard InChI is InChI=1S/C13H21NO/c1-4-10-7-6-8-11(5-2)13(10)12(15)9-14-3/h6-8,12,14-15H,4-5,9H2,1-3H3. The van der Waals surface area contributed by atoms with Crippen LogP contribution in [0.15, 0.2) is 18.2 Å². The van der Waals surface area contributed by atoms with Crippen molar-refractivity contribution in [1.82, 2.24) is 5.32 Å². The van der Waals surface area contributed by atoms with E-state index in [4.69, 9.17) is 0 Å². The van der Waals surface area contributed by atoms with Crippen molar-refractivity contribution in [3.63, 3.8) is 0 Å². The van der Waals surface area contributed by atoms with Crippen LogP contribution in [0.5, 0.6) is 0 Å². The van der Waals surface area contributed by atoms with Gasteiger partial charge < -0.3 is 10.4 Å². The second-order valence-corrected chi connectivity index (χ2v) is 3.77. The Bertz CT molecular complexity index is 287. The van der Waals surface area contributed by atoms with E-state index in [1.165, 1.54) is 11.1 Å². The van der Waals surface area contributed by atoms with Crippen molar-refractivity contribution in [2.75, 3.05) is 13.6 Å². The van der Waals surface area contributed by atoms with Crippen molar-refractivity contribution in [3.05, 3.63) is 34.9 Å². The minimum Gasteiger partial charge on any atom is -0.387 e. The minimum atomic E-state index is -0.388. The molecular formula is C13H21NO. The highest BCUT2D eigenvalue weighted by Crippen LogP contribution is 2.23. The van der Waals surface area contributed by atoms with Crippen LogP contribution in [0.25, 0.3) is 0 Å². The number of hydrogen-bond donors (Lipinski definition) is 2. The average Bonchev–Trinajstić information content (AvgIpc) is 2.28. The fourth-order valence-electron chi connectivity index (χ4n) is 2.01. The Kier molecular flexibility index (Phi) is 4.79. The van der Waals surface area contributed by atoms with Gasteiger partial charge in [0.15, 0.2) is 0 Å². The van der Waals surface area contributed by atoms with Crippen LogP contribution in [-0.4, -0.2) is 18.7 Å². The number of aliphatic hydroxyl groups excluding tert-OH is 1. The van der Waals surface area contributed by atoms with Crippen LogP contribution < -0.4 is 5.32 Å². The first kappa shape index (κ1) is 12.2. The molecule has 0 heterocycles. The number of aryl methyl sites for hydroxylation is 2. The highest BCUT2D eigenvalue weighted by molar-refractivity contribution is 5.37. The maximum atomic E-state index is 10.1. The molecule has 0 saturated carbocycles. The molecule has 1 aromatic carbocycles.